The Kier molecular flexibility index (Phi) is 3.64. The van der Waals surface area contributed by atoms with Crippen molar-refractivity contribution in [2.75, 3.05) is 27.2 Å². The third-order valence-corrected chi connectivity index (χ3v) is 3.40. The number of benzene rings is 1. The van der Waals surface area contributed by atoms with Crippen LogP contribution in [0.4, 0.5) is 4.39 Å². The lowest BCUT2D eigenvalue weighted by atomic mass is 9.95. The largest absolute Gasteiger partial charge is 0.496 e. The lowest BCUT2D eigenvalue weighted by molar-refractivity contribution is 0.385. The summed E-state index contributed by atoms with van der Waals surface area (Å²) in [6, 6.07) is 4.80. The number of rotatable bonds is 3. The van der Waals surface area contributed by atoms with Crippen molar-refractivity contribution in [1.82, 2.24) is 4.90 Å². The topological polar surface area (TPSA) is 38.5 Å². The molecule has 0 aromatic heterocycles. The van der Waals surface area contributed by atoms with E-state index in [0.29, 0.717) is 5.92 Å². The van der Waals surface area contributed by atoms with Crippen LogP contribution in [0.15, 0.2) is 18.2 Å². The van der Waals surface area contributed by atoms with Crippen LogP contribution in [-0.2, 0) is 6.42 Å². The highest BCUT2D eigenvalue weighted by Crippen LogP contribution is 2.26. The number of hydrogen-bond donors (Lipinski definition) is 1. The summed E-state index contributed by atoms with van der Waals surface area (Å²) in [7, 11) is 3.67. The van der Waals surface area contributed by atoms with Gasteiger partial charge in [-0.25, -0.2) is 4.39 Å². The Morgan fingerprint density at radius 3 is 2.82 bits per heavy atom. The van der Waals surface area contributed by atoms with Crippen molar-refractivity contribution in [1.29, 1.82) is 0 Å². The van der Waals surface area contributed by atoms with Gasteiger partial charge in [0.25, 0.3) is 0 Å². The van der Waals surface area contributed by atoms with E-state index in [2.05, 4.69) is 11.9 Å². The average molecular weight is 238 g/mol. The van der Waals surface area contributed by atoms with Gasteiger partial charge in [-0.15, -0.1) is 0 Å². The van der Waals surface area contributed by atoms with Crippen LogP contribution in [0.1, 0.15) is 5.56 Å². The van der Waals surface area contributed by atoms with E-state index < -0.39 is 0 Å². The first-order valence-corrected chi connectivity index (χ1v) is 5.86. The zero-order valence-electron chi connectivity index (χ0n) is 10.3. The molecular formula is C13H19FN2O. The second-order valence-electron chi connectivity index (χ2n) is 4.81. The lowest BCUT2D eigenvalue weighted by Crippen LogP contribution is -2.30. The van der Waals surface area contributed by atoms with E-state index in [1.165, 1.54) is 6.07 Å². The molecule has 1 heterocycles. The molecule has 0 aliphatic carbocycles. The van der Waals surface area contributed by atoms with Crippen LogP contribution in [0.2, 0.25) is 0 Å². The summed E-state index contributed by atoms with van der Waals surface area (Å²) in [5.41, 5.74) is 6.98. The number of hydrogen-bond acceptors (Lipinski definition) is 3. The van der Waals surface area contributed by atoms with Gasteiger partial charge in [-0.1, -0.05) is 0 Å². The summed E-state index contributed by atoms with van der Waals surface area (Å²) in [6.07, 6.45) is 0.770. The van der Waals surface area contributed by atoms with Gasteiger partial charge < -0.3 is 15.4 Å². The van der Waals surface area contributed by atoms with Gasteiger partial charge in [0.2, 0.25) is 0 Å². The fourth-order valence-electron chi connectivity index (χ4n) is 2.52. The maximum Gasteiger partial charge on any atom is 0.123 e. The minimum absolute atomic E-state index is 0.160. The van der Waals surface area contributed by atoms with Crippen molar-refractivity contribution >= 4 is 0 Å². The van der Waals surface area contributed by atoms with Crippen molar-refractivity contribution < 1.29 is 9.13 Å². The Labute approximate surface area is 101 Å². The average Bonchev–Trinajstić information content (AvgIpc) is 2.58. The predicted octanol–water partition coefficient (Wildman–Crippen LogP) is 1.27. The van der Waals surface area contributed by atoms with Gasteiger partial charge >= 0.3 is 0 Å². The third-order valence-electron chi connectivity index (χ3n) is 3.40. The van der Waals surface area contributed by atoms with Gasteiger partial charge in [-0.05, 0) is 43.1 Å². The molecule has 1 aliphatic rings. The van der Waals surface area contributed by atoms with Crippen LogP contribution >= 0.6 is 0 Å². The second-order valence-corrected chi connectivity index (χ2v) is 4.81. The molecule has 0 spiro atoms. The zero-order chi connectivity index (χ0) is 12.4. The molecule has 0 amide bonds. The van der Waals surface area contributed by atoms with Crippen LogP contribution in [-0.4, -0.2) is 38.2 Å². The lowest BCUT2D eigenvalue weighted by Gasteiger charge is -2.16. The summed E-state index contributed by atoms with van der Waals surface area (Å²) in [5.74, 6) is 0.893. The standard InChI is InChI=1S/C13H19FN2O/c1-16-7-10(12(15)8-16)5-9-6-11(14)3-4-13(9)17-2/h3-4,6,10,12H,5,7-8,15H2,1-2H3. The van der Waals surface area contributed by atoms with E-state index in [4.69, 9.17) is 10.5 Å². The summed E-state index contributed by atoms with van der Waals surface area (Å²) in [5, 5.41) is 0. The highest BCUT2D eigenvalue weighted by Gasteiger charge is 2.28. The van der Waals surface area contributed by atoms with Gasteiger partial charge in [0.05, 0.1) is 7.11 Å². The molecule has 2 atom stereocenters. The monoisotopic (exact) mass is 238 g/mol. The fourth-order valence-corrected chi connectivity index (χ4v) is 2.52. The molecule has 2 rings (SSSR count). The maximum absolute atomic E-state index is 13.2. The molecule has 2 N–H and O–H groups in total. The van der Waals surface area contributed by atoms with E-state index in [1.54, 1.807) is 19.2 Å². The van der Waals surface area contributed by atoms with E-state index in [-0.39, 0.29) is 11.9 Å². The Morgan fingerprint density at radius 2 is 2.24 bits per heavy atom. The minimum Gasteiger partial charge on any atom is -0.496 e. The van der Waals surface area contributed by atoms with Crippen molar-refractivity contribution in [3.63, 3.8) is 0 Å². The van der Waals surface area contributed by atoms with Gasteiger partial charge in [0.15, 0.2) is 0 Å². The maximum atomic E-state index is 13.2. The van der Waals surface area contributed by atoms with Gasteiger partial charge in [-0.2, -0.15) is 0 Å². The molecule has 2 unspecified atom stereocenters. The predicted molar refractivity (Wildman–Crippen MR) is 65.6 cm³/mol. The highest BCUT2D eigenvalue weighted by atomic mass is 19.1. The number of nitrogens with two attached hydrogens (primary N) is 1. The molecule has 1 fully saturated rings. The molecule has 1 saturated heterocycles. The molecule has 4 heteroatoms. The molecule has 1 aliphatic heterocycles. The molecular weight excluding hydrogens is 219 g/mol. The smallest absolute Gasteiger partial charge is 0.123 e. The number of methoxy groups -OCH3 is 1. The van der Waals surface area contributed by atoms with E-state index in [0.717, 1.165) is 30.8 Å². The van der Waals surface area contributed by atoms with Gasteiger partial charge in [-0.3, -0.25) is 0 Å². The van der Waals surface area contributed by atoms with Crippen LogP contribution in [0, 0.1) is 11.7 Å². The molecule has 3 nitrogen and oxygen atoms in total. The first-order chi connectivity index (χ1) is 8.10. The third kappa shape index (κ3) is 2.76. The quantitative estimate of drug-likeness (QED) is 0.861. The Morgan fingerprint density at radius 1 is 1.47 bits per heavy atom. The molecule has 1 aromatic rings. The van der Waals surface area contributed by atoms with Crippen molar-refractivity contribution in [3.05, 3.63) is 29.6 Å². The number of likely N-dealkylation sites (tertiary alicyclic amines) is 1. The Bertz CT molecular complexity index is 397. The number of nitrogens with zero attached hydrogens (tertiary/aromatic N) is 1. The van der Waals surface area contributed by atoms with Gasteiger partial charge in [0.1, 0.15) is 11.6 Å². The van der Waals surface area contributed by atoms with Crippen LogP contribution in [0.5, 0.6) is 5.75 Å². The second kappa shape index (κ2) is 5.02. The van der Waals surface area contributed by atoms with Gasteiger partial charge in [0, 0.05) is 19.1 Å². The van der Waals surface area contributed by atoms with Crippen molar-refractivity contribution in [2.45, 2.75) is 12.5 Å². The molecule has 0 radical (unpaired) electrons. The van der Waals surface area contributed by atoms with Crippen molar-refractivity contribution in [2.24, 2.45) is 11.7 Å². The first-order valence-electron chi connectivity index (χ1n) is 5.86. The zero-order valence-corrected chi connectivity index (χ0v) is 10.3. The van der Waals surface area contributed by atoms with E-state index in [9.17, 15) is 4.39 Å². The summed E-state index contributed by atoms with van der Waals surface area (Å²) < 4.78 is 18.5. The minimum atomic E-state index is -0.222. The van der Waals surface area contributed by atoms with Crippen LogP contribution in [0.25, 0.3) is 0 Å². The summed E-state index contributed by atoms with van der Waals surface area (Å²) >= 11 is 0. The SMILES string of the molecule is COc1ccc(F)cc1CC1CN(C)CC1N. The molecule has 94 valence electrons. The number of ether oxygens (including phenoxy) is 1. The van der Waals surface area contributed by atoms with Crippen LogP contribution < -0.4 is 10.5 Å². The number of likely N-dealkylation sites (N-methyl/N-ethyl adjacent to an activating group) is 1. The molecule has 17 heavy (non-hydrogen) atoms. The summed E-state index contributed by atoms with van der Waals surface area (Å²) in [4.78, 5) is 2.21. The van der Waals surface area contributed by atoms with E-state index in [1.807, 2.05) is 0 Å². The first kappa shape index (κ1) is 12.3. The Balaban J connectivity index is 2.15. The van der Waals surface area contributed by atoms with Crippen molar-refractivity contribution in [3.8, 4) is 5.75 Å². The van der Waals surface area contributed by atoms with E-state index >= 15 is 0 Å². The molecule has 0 bridgehead atoms. The fraction of sp³-hybridized carbons (Fsp3) is 0.538. The summed E-state index contributed by atoms with van der Waals surface area (Å²) in [6.45, 7) is 1.86. The highest BCUT2D eigenvalue weighted by molar-refractivity contribution is 5.34. The normalized spacial score (nSPS) is 25.2. The number of halogens is 1. The van der Waals surface area contributed by atoms with Crippen LogP contribution in [0.3, 0.4) is 0 Å². The Hall–Kier alpha value is -1.13. The molecule has 0 saturated carbocycles. The molecule has 1 aromatic carbocycles.